The van der Waals surface area contributed by atoms with Crippen molar-refractivity contribution in [2.75, 3.05) is 0 Å². The quantitative estimate of drug-likeness (QED) is 0.306. The van der Waals surface area contributed by atoms with Crippen LogP contribution < -0.4 is 0 Å². The highest BCUT2D eigenvalue weighted by Gasteiger charge is 2.34. The average molecular weight is 365 g/mol. The van der Waals surface area contributed by atoms with Crippen LogP contribution in [0.4, 0.5) is 5.69 Å². The number of imide groups is 1. The number of hydrogen-bond donors (Lipinski definition) is 0. The summed E-state index contributed by atoms with van der Waals surface area (Å²) in [5.41, 5.74) is 1.30. The van der Waals surface area contributed by atoms with Gasteiger partial charge in [-0.3, -0.25) is 19.7 Å². The number of carbonyl (C=O) groups is 2. The zero-order chi connectivity index (χ0) is 18.4. The van der Waals surface area contributed by atoms with E-state index in [9.17, 15) is 19.7 Å². The van der Waals surface area contributed by atoms with Gasteiger partial charge in [0.15, 0.2) is 0 Å². The SMILES string of the molecule is Cc1ccsc1C=NN1C(=O)c2cccc3c([N+](=O)[O-])ccc(c23)C1=O. The van der Waals surface area contributed by atoms with E-state index in [1.807, 2.05) is 18.4 Å². The van der Waals surface area contributed by atoms with Crippen LogP contribution in [0, 0.1) is 17.0 Å². The predicted molar refractivity (Wildman–Crippen MR) is 97.8 cm³/mol. The maximum absolute atomic E-state index is 12.8. The summed E-state index contributed by atoms with van der Waals surface area (Å²) in [5, 5.41) is 18.6. The fraction of sp³-hybridized carbons (Fsp3) is 0.0556. The molecule has 2 heterocycles. The Morgan fingerprint density at radius 1 is 1.12 bits per heavy atom. The van der Waals surface area contributed by atoms with Crippen LogP contribution in [-0.4, -0.2) is 28.0 Å². The first-order valence-electron chi connectivity index (χ1n) is 7.66. The van der Waals surface area contributed by atoms with Gasteiger partial charge in [0.05, 0.1) is 32.5 Å². The van der Waals surface area contributed by atoms with Gasteiger partial charge in [0.1, 0.15) is 0 Å². The summed E-state index contributed by atoms with van der Waals surface area (Å²) >= 11 is 1.45. The number of nitro groups is 1. The van der Waals surface area contributed by atoms with Crippen LogP contribution >= 0.6 is 11.3 Å². The van der Waals surface area contributed by atoms with Crippen LogP contribution in [0.5, 0.6) is 0 Å². The van der Waals surface area contributed by atoms with E-state index in [1.54, 1.807) is 12.1 Å². The number of amides is 2. The first kappa shape index (κ1) is 16.1. The lowest BCUT2D eigenvalue weighted by molar-refractivity contribution is -0.383. The van der Waals surface area contributed by atoms with Crippen LogP contribution in [0.1, 0.15) is 31.2 Å². The molecular formula is C18H11N3O4S. The van der Waals surface area contributed by atoms with Crippen LogP contribution in [0.15, 0.2) is 46.9 Å². The zero-order valence-corrected chi connectivity index (χ0v) is 14.3. The second-order valence-electron chi connectivity index (χ2n) is 5.75. The number of hydrogen-bond acceptors (Lipinski definition) is 6. The number of non-ortho nitro benzene ring substituents is 1. The molecule has 128 valence electrons. The molecule has 8 heteroatoms. The largest absolute Gasteiger partial charge is 0.282 e. The molecule has 0 atom stereocenters. The normalized spacial score (nSPS) is 13.8. The maximum atomic E-state index is 12.8. The Balaban J connectivity index is 1.87. The van der Waals surface area contributed by atoms with Gasteiger partial charge in [-0.1, -0.05) is 6.07 Å². The van der Waals surface area contributed by atoms with Gasteiger partial charge in [0.2, 0.25) is 0 Å². The number of nitrogens with zero attached hydrogens (tertiary/aromatic N) is 3. The van der Waals surface area contributed by atoms with Gasteiger partial charge in [-0.25, -0.2) is 0 Å². The third-order valence-corrected chi connectivity index (χ3v) is 5.21. The molecule has 26 heavy (non-hydrogen) atoms. The molecule has 2 aromatic carbocycles. The fourth-order valence-corrected chi connectivity index (χ4v) is 3.74. The van der Waals surface area contributed by atoms with Crippen molar-refractivity contribution in [3.05, 3.63) is 73.5 Å². The number of aryl methyl sites for hydroxylation is 1. The molecule has 0 unspecified atom stereocenters. The van der Waals surface area contributed by atoms with Gasteiger partial charge in [0.25, 0.3) is 17.5 Å². The van der Waals surface area contributed by atoms with E-state index in [2.05, 4.69) is 5.10 Å². The molecule has 0 bridgehead atoms. The lowest BCUT2D eigenvalue weighted by Gasteiger charge is -2.22. The van der Waals surface area contributed by atoms with E-state index in [0.29, 0.717) is 5.39 Å². The van der Waals surface area contributed by atoms with E-state index in [1.165, 1.54) is 35.8 Å². The van der Waals surface area contributed by atoms with Crippen molar-refractivity contribution < 1.29 is 14.5 Å². The van der Waals surface area contributed by atoms with Crippen LogP contribution in [0.25, 0.3) is 10.8 Å². The Kier molecular flexibility index (Phi) is 3.62. The lowest BCUT2D eigenvalue weighted by Crippen LogP contribution is -2.36. The summed E-state index contributed by atoms with van der Waals surface area (Å²) in [4.78, 5) is 37.1. The molecule has 0 N–H and O–H groups in total. The molecule has 0 aliphatic carbocycles. The van der Waals surface area contributed by atoms with Crippen LogP contribution in [0.2, 0.25) is 0 Å². The molecule has 2 amide bonds. The predicted octanol–water partition coefficient (Wildman–Crippen LogP) is 3.75. The first-order valence-corrected chi connectivity index (χ1v) is 8.54. The van der Waals surface area contributed by atoms with E-state index in [4.69, 9.17) is 0 Å². The van der Waals surface area contributed by atoms with Crippen LogP contribution in [-0.2, 0) is 0 Å². The third-order valence-electron chi connectivity index (χ3n) is 4.25. The Labute approximate surface area is 151 Å². The molecule has 7 nitrogen and oxygen atoms in total. The van der Waals surface area contributed by atoms with Gasteiger partial charge < -0.3 is 0 Å². The molecule has 0 saturated carbocycles. The smallest absolute Gasteiger partial charge is 0.267 e. The van der Waals surface area contributed by atoms with Gasteiger partial charge >= 0.3 is 0 Å². The molecule has 1 aliphatic rings. The highest BCUT2D eigenvalue weighted by molar-refractivity contribution is 7.11. The van der Waals surface area contributed by atoms with Gasteiger partial charge in [-0.2, -0.15) is 10.1 Å². The van der Waals surface area contributed by atoms with Crippen molar-refractivity contribution in [3.8, 4) is 0 Å². The third kappa shape index (κ3) is 2.31. The zero-order valence-electron chi connectivity index (χ0n) is 13.5. The monoisotopic (exact) mass is 365 g/mol. The van der Waals surface area contributed by atoms with E-state index < -0.39 is 16.7 Å². The van der Waals surface area contributed by atoms with Gasteiger partial charge in [-0.05, 0) is 42.1 Å². The Hall–Kier alpha value is -3.39. The molecule has 0 saturated heterocycles. The second-order valence-corrected chi connectivity index (χ2v) is 6.70. The summed E-state index contributed by atoms with van der Waals surface area (Å²) in [6.45, 7) is 1.91. The van der Waals surface area contributed by atoms with Crippen molar-refractivity contribution in [1.29, 1.82) is 0 Å². The molecule has 1 aromatic heterocycles. The second kappa shape index (κ2) is 5.85. The summed E-state index contributed by atoms with van der Waals surface area (Å²) in [6, 6.07) is 9.21. The number of nitro benzene ring substituents is 1. The van der Waals surface area contributed by atoms with Crippen molar-refractivity contribution in [3.63, 3.8) is 0 Å². The first-order chi connectivity index (χ1) is 12.5. The number of benzene rings is 2. The summed E-state index contributed by atoms with van der Waals surface area (Å²) in [7, 11) is 0. The average Bonchev–Trinajstić information content (AvgIpc) is 3.04. The minimum Gasteiger partial charge on any atom is -0.267 e. The molecular weight excluding hydrogens is 354 g/mol. The molecule has 4 rings (SSSR count). The lowest BCUT2D eigenvalue weighted by atomic mass is 9.94. The van der Waals surface area contributed by atoms with E-state index in [0.717, 1.165) is 15.4 Å². The van der Waals surface area contributed by atoms with E-state index in [-0.39, 0.29) is 22.2 Å². The fourth-order valence-electron chi connectivity index (χ4n) is 2.96. The molecule has 1 aliphatic heterocycles. The summed E-state index contributed by atoms with van der Waals surface area (Å²) in [5.74, 6) is -1.20. The van der Waals surface area contributed by atoms with Crippen molar-refractivity contribution in [2.45, 2.75) is 6.92 Å². The van der Waals surface area contributed by atoms with Crippen molar-refractivity contribution >= 4 is 45.8 Å². The summed E-state index contributed by atoms with van der Waals surface area (Å²) in [6.07, 6.45) is 1.48. The Bertz CT molecular complexity index is 1110. The maximum Gasteiger partial charge on any atom is 0.282 e. The number of thiophene rings is 1. The van der Waals surface area contributed by atoms with E-state index >= 15 is 0 Å². The Morgan fingerprint density at radius 2 is 1.85 bits per heavy atom. The topological polar surface area (TPSA) is 92.9 Å². The molecule has 0 spiro atoms. The highest BCUT2D eigenvalue weighted by atomic mass is 32.1. The minimum absolute atomic E-state index is 0.141. The number of hydrazone groups is 1. The number of carbonyl (C=O) groups excluding carboxylic acids is 2. The highest BCUT2D eigenvalue weighted by Crippen LogP contribution is 2.35. The van der Waals surface area contributed by atoms with Crippen LogP contribution in [0.3, 0.4) is 0 Å². The standard InChI is InChI=1S/C18H11N3O4S/c1-10-7-8-26-15(10)9-19-20-17(22)12-4-2-3-11-14(21(24)25)6-5-13(16(11)12)18(20)23/h2-9H,1H3. The minimum atomic E-state index is -0.598. The van der Waals surface area contributed by atoms with Crippen molar-refractivity contribution in [2.24, 2.45) is 5.10 Å². The van der Waals surface area contributed by atoms with Crippen molar-refractivity contribution in [1.82, 2.24) is 5.01 Å². The summed E-state index contributed by atoms with van der Waals surface area (Å²) < 4.78 is 0. The Morgan fingerprint density at radius 3 is 2.50 bits per heavy atom. The van der Waals surface area contributed by atoms with Gasteiger partial charge in [-0.15, -0.1) is 11.3 Å². The molecule has 0 fully saturated rings. The number of rotatable bonds is 3. The molecule has 0 radical (unpaired) electrons. The molecule has 3 aromatic rings. The van der Waals surface area contributed by atoms with Gasteiger partial charge in [0, 0.05) is 11.5 Å².